The van der Waals surface area contributed by atoms with Crippen LogP contribution in [0.15, 0.2) is 52.0 Å². The first-order chi connectivity index (χ1) is 15.2. The van der Waals surface area contributed by atoms with Crippen LogP contribution in [-0.4, -0.2) is 27.5 Å². The Morgan fingerprint density at radius 2 is 1.87 bits per heavy atom. The fourth-order valence-corrected chi connectivity index (χ4v) is 5.99. The quantitative estimate of drug-likeness (QED) is 0.428. The van der Waals surface area contributed by atoms with Crippen LogP contribution in [0.3, 0.4) is 0 Å². The molecule has 1 fully saturated rings. The number of nitriles is 1. The number of hydrogen-bond acceptors (Lipinski definition) is 6. The Morgan fingerprint density at radius 1 is 1.03 bits per heavy atom. The Kier molecular flexibility index (Phi) is 5.68. The maximum Gasteiger partial charge on any atom is 0.263 e. The lowest BCUT2D eigenvalue weighted by molar-refractivity contribution is 0.212. The summed E-state index contributed by atoms with van der Waals surface area (Å²) in [4.78, 5) is 23.0. The van der Waals surface area contributed by atoms with Crippen molar-refractivity contribution in [2.24, 2.45) is 0 Å². The molecule has 7 heteroatoms. The summed E-state index contributed by atoms with van der Waals surface area (Å²) in [7, 11) is 0. The van der Waals surface area contributed by atoms with Gasteiger partial charge in [0.25, 0.3) is 5.56 Å². The lowest BCUT2D eigenvalue weighted by Crippen LogP contribution is -2.34. The zero-order valence-corrected chi connectivity index (χ0v) is 18.7. The van der Waals surface area contributed by atoms with E-state index in [0.29, 0.717) is 24.0 Å². The third-order valence-corrected chi connectivity index (χ3v) is 7.61. The maximum absolute atomic E-state index is 13.8. The van der Waals surface area contributed by atoms with Gasteiger partial charge in [-0.05, 0) is 49.0 Å². The van der Waals surface area contributed by atoms with E-state index in [9.17, 15) is 10.1 Å². The third kappa shape index (κ3) is 3.94. The Bertz CT molecular complexity index is 1310. The van der Waals surface area contributed by atoms with Crippen LogP contribution in [0.25, 0.3) is 20.7 Å². The normalized spacial score (nSPS) is 14.7. The number of nitrogens with zero attached hydrogens (tertiary/aromatic N) is 4. The molecule has 0 aliphatic carbocycles. The molecule has 156 valence electrons. The van der Waals surface area contributed by atoms with Crippen LogP contribution in [0.1, 0.15) is 36.2 Å². The van der Waals surface area contributed by atoms with E-state index in [1.165, 1.54) is 30.6 Å². The molecule has 5 rings (SSSR count). The molecule has 0 amide bonds. The molecule has 0 unspecified atom stereocenters. The molecule has 0 N–H and O–H groups in total. The minimum Gasteiger partial charge on any atom is -0.296 e. The highest BCUT2D eigenvalue weighted by atomic mass is 32.1. The van der Waals surface area contributed by atoms with Crippen LogP contribution >= 0.6 is 22.7 Å². The first-order valence-corrected chi connectivity index (χ1v) is 12.3. The van der Waals surface area contributed by atoms with Gasteiger partial charge in [0.2, 0.25) is 0 Å². The summed E-state index contributed by atoms with van der Waals surface area (Å²) in [6.45, 7) is 3.09. The summed E-state index contributed by atoms with van der Waals surface area (Å²) in [5.41, 5.74) is 2.39. The molecule has 0 radical (unpaired) electrons. The molecule has 3 aromatic heterocycles. The van der Waals surface area contributed by atoms with E-state index in [2.05, 4.69) is 11.0 Å². The molecule has 1 aliphatic heterocycles. The summed E-state index contributed by atoms with van der Waals surface area (Å²) in [6, 6.07) is 13.8. The summed E-state index contributed by atoms with van der Waals surface area (Å²) < 4.78 is 1.79. The van der Waals surface area contributed by atoms with Gasteiger partial charge >= 0.3 is 0 Å². The number of thiophene rings is 2. The van der Waals surface area contributed by atoms with Gasteiger partial charge in [-0.25, -0.2) is 4.98 Å². The molecule has 1 saturated heterocycles. The van der Waals surface area contributed by atoms with Crippen LogP contribution in [-0.2, 0) is 13.1 Å². The minimum atomic E-state index is -0.0191. The first kappa shape index (κ1) is 20.1. The molecule has 1 aliphatic rings. The number of piperidine rings is 1. The lowest BCUT2D eigenvalue weighted by Gasteiger charge is -2.27. The van der Waals surface area contributed by atoms with Gasteiger partial charge in [-0.15, -0.1) is 22.7 Å². The zero-order chi connectivity index (χ0) is 21.2. The number of likely N-dealkylation sites (tertiary alicyclic amines) is 1. The Balaban J connectivity index is 1.66. The van der Waals surface area contributed by atoms with Crippen molar-refractivity contribution in [3.63, 3.8) is 0 Å². The number of fused-ring (bicyclic) bond motifs is 1. The second-order valence-corrected chi connectivity index (χ2v) is 9.64. The fourth-order valence-electron chi connectivity index (χ4n) is 4.22. The average molecular weight is 447 g/mol. The standard InChI is InChI=1S/C24H22N4OS2/c25-13-17-7-2-3-8-18(17)14-28-21(15-27-10-4-1-5-11-27)26-23-22(24(28)29)19(16-31-23)20-9-6-12-30-20/h2-3,6-9,12,16H,1,4-5,10-11,14-15H2. The van der Waals surface area contributed by atoms with Gasteiger partial charge in [0.1, 0.15) is 10.7 Å². The highest BCUT2D eigenvalue weighted by molar-refractivity contribution is 7.18. The average Bonchev–Trinajstić information content (AvgIpc) is 3.47. The van der Waals surface area contributed by atoms with Crippen molar-refractivity contribution in [2.45, 2.75) is 32.4 Å². The molecule has 4 heterocycles. The third-order valence-electron chi connectivity index (χ3n) is 5.84. The van der Waals surface area contributed by atoms with Crippen molar-refractivity contribution < 1.29 is 0 Å². The molecular formula is C24H22N4OS2. The predicted molar refractivity (Wildman–Crippen MR) is 127 cm³/mol. The van der Waals surface area contributed by atoms with Gasteiger partial charge in [-0.2, -0.15) is 5.26 Å². The number of benzene rings is 1. The Labute approximate surface area is 188 Å². The topological polar surface area (TPSA) is 61.9 Å². The summed E-state index contributed by atoms with van der Waals surface area (Å²) in [5.74, 6) is 0.784. The van der Waals surface area contributed by atoms with Crippen molar-refractivity contribution in [3.05, 3.63) is 74.5 Å². The Hall–Kier alpha value is -2.79. The molecule has 31 heavy (non-hydrogen) atoms. The van der Waals surface area contributed by atoms with Crippen molar-refractivity contribution in [3.8, 4) is 16.5 Å². The van der Waals surface area contributed by atoms with Crippen LogP contribution < -0.4 is 5.56 Å². The summed E-state index contributed by atoms with van der Waals surface area (Å²) in [6.07, 6.45) is 3.64. The van der Waals surface area contributed by atoms with Gasteiger partial charge in [0, 0.05) is 15.8 Å². The second kappa shape index (κ2) is 8.75. The van der Waals surface area contributed by atoms with Crippen LogP contribution in [0, 0.1) is 11.3 Å². The van der Waals surface area contributed by atoms with Gasteiger partial charge < -0.3 is 0 Å². The van der Waals surface area contributed by atoms with E-state index >= 15 is 0 Å². The molecule has 0 bridgehead atoms. The van der Waals surface area contributed by atoms with Gasteiger partial charge in [0.05, 0.1) is 30.1 Å². The number of rotatable bonds is 5. The van der Waals surface area contributed by atoms with E-state index in [1.54, 1.807) is 22.0 Å². The fraction of sp³-hybridized carbons (Fsp3) is 0.292. The van der Waals surface area contributed by atoms with Crippen LogP contribution in [0.2, 0.25) is 0 Å². The predicted octanol–water partition coefficient (Wildman–Crippen LogP) is 5.09. The molecule has 0 spiro atoms. The van der Waals surface area contributed by atoms with Crippen molar-refractivity contribution >= 4 is 32.9 Å². The lowest BCUT2D eigenvalue weighted by atomic mass is 10.1. The largest absolute Gasteiger partial charge is 0.296 e. The van der Waals surface area contributed by atoms with E-state index in [4.69, 9.17) is 4.98 Å². The summed E-state index contributed by atoms with van der Waals surface area (Å²) in [5, 5.41) is 14.3. The molecule has 5 nitrogen and oxygen atoms in total. The monoisotopic (exact) mass is 446 g/mol. The van der Waals surface area contributed by atoms with E-state index in [-0.39, 0.29) is 5.56 Å². The number of hydrogen-bond donors (Lipinski definition) is 0. The maximum atomic E-state index is 13.8. The van der Waals surface area contributed by atoms with Gasteiger partial charge in [-0.3, -0.25) is 14.3 Å². The highest BCUT2D eigenvalue weighted by Crippen LogP contribution is 2.34. The van der Waals surface area contributed by atoms with E-state index in [1.807, 2.05) is 41.1 Å². The van der Waals surface area contributed by atoms with Gasteiger partial charge in [0.15, 0.2) is 0 Å². The Morgan fingerprint density at radius 3 is 2.65 bits per heavy atom. The smallest absolute Gasteiger partial charge is 0.263 e. The van der Waals surface area contributed by atoms with Crippen molar-refractivity contribution in [1.82, 2.24) is 14.5 Å². The van der Waals surface area contributed by atoms with Crippen LogP contribution in [0.5, 0.6) is 0 Å². The molecular weight excluding hydrogens is 424 g/mol. The van der Waals surface area contributed by atoms with Crippen molar-refractivity contribution in [2.75, 3.05) is 13.1 Å². The number of aromatic nitrogens is 2. The molecule has 0 atom stereocenters. The zero-order valence-electron chi connectivity index (χ0n) is 17.1. The van der Waals surface area contributed by atoms with Gasteiger partial charge in [-0.1, -0.05) is 30.7 Å². The van der Waals surface area contributed by atoms with Crippen LogP contribution in [0.4, 0.5) is 0 Å². The van der Waals surface area contributed by atoms with Crippen molar-refractivity contribution in [1.29, 1.82) is 5.26 Å². The SMILES string of the molecule is N#Cc1ccccc1Cn1c(CN2CCCCC2)nc2scc(-c3cccs3)c2c1=O. The van der Waals surface area contributed by atoms with E-state index in [0.717, 1.165) is 39.7 Å². The first-order valence-electron chi connectivity index (χ1n) is 10.5. The summed E-state index contributed by atoms with van der Waals surface area (Å²) >= 11 is 3.17. The molecule has 0 saturated carbocycles. The minimum absolute atomic E-state index is 0.0191. The second-order valence-electron chi connectivity index (χ2n) is 7.83. The van der Waals surface area contributed by atoms with E-state index < -0.39 is 0 Å². The molecule has 4 aromatic rings. The molecule has 1 aromatic carbocycles. The highest BCUT2D eigenvalue weighted by Gasteiger charge is 2.20.